The standard InChI is InChI=1S/C8H6F2INO2/c1-14-6-2-4(7(9)10)5(3-13)12-8(6)11/h2-3,7H,1H3. The summed E-state index contributed by atoms with van der Waals surface area (Å²) in [7, 11) is 1.36. The van der Waals surface area contributed by atoms with E-state index < -0.39 is 12.0 Å². The molecule has 0 amide bonds. The van der Waals surface area contributed by atoms with Crippen molar-refractivity contribution in [2.45, 2.75) is 6.43 Å². The molecule has 0 aliphatic rings. The van der Waals surface area contributed by atoms with Gasteiger partial charge in [0.25, 0.3) is 6.43 Å². The number of nitrogens with zero attached hydrogens (tertiary/aromatic N) is 1. The molecule has 0 aliphatic heterocycles. The van der Waals surface area contributed by atoms with Crippen molar-refractivity contribution in [3.63, 3.8) is 0 Å². The van der Waals surface area contributed by atoms with E-state index in [-0.39, 0.29) is 11.4 Å². The molecular formula is C8H6F2INO2. The van der Waals surface area contributed by atoms with Crippen LogP contribution in [0.15, 0.2) is 6.07 Å². The Balaban J connectivity index is 3.32. The fraction of sp³-hybridized carbons (Fsp3) is 0.250. The Morgan fingerprint density at radius 3 is 2.71 bits per heavy atom. The normalized spacial score (nSPS) is 10.4. The zero-order valence-corrected chi connectivity index (χ0v) is 9.29. The van der Waals surface area contributed by atoms with Crippen molar-refractivity contribution in [3.8, 4) is 5.75 Å². The third kappa shape index (κ3) is 2.17. The Morgan fingerprint density at radius 2 is 2.29 bits per heavy atom. The van der Waals surface area contributed by atoms with Crippen molar-refractivity contribution in [2.75, 3.05) is 7.11 Å². The molecule has 0 unspecified atom stereocenters. The van der Waals surface area contributed by atoms with Crippen LogP contribution < -0.4 is 4.74 Å². The van der Waals surface area contributed by atoms with E-state index in [1.807, 2.05) is 22.6 Å². The zero-order chi connectivity index (χ0) is 10.7. The van der Waals surface area contributed by atoms with Gasteiger partial charge in [-0.1, -0.05) is 0 Å². The van der Waals surface area contributed by atoms with Gasteiger partial charge in [0, 0.05) is 0 Å². The lowest BCUT2D eigenvalue weighted by Gasteiger charge is -2.07. The van der Waals surface area contributed by atoms with Crippen LogP contribution in [0.5, 0.6) is 5.75 Å². The minimum Gasteiger partial charge on any atom is -0.494 e. The van der Waals surface area contributed by atoms with Gasteiger partial charge >= 0.3 is 0 Å². The molecule has 6 heteroatoms. The minimum atomic E-state index is -2.73. The second kappa shape index (κ2) is 4.63. The van der Waals surface area contributed by atoms with Crippen LogP contribution >= 0.6 is 22.6 Å². The average molecular weight is 313 g/mol. The molecule has 1 rings (SSSR count). The minimum absolute atomic E-state index is 0.242. The van der Waals surface area contributed by atoms with Crippen LogP contribution in [0.25, 0.3) is 0 Å². The highest BCUT2D eigenvalue weighted by Gasteiger charge is 2.17. The van der Waals surface area contributed by atoms with Crippen LogP contribution in [0.1, 0.15) is 22.5 Å². The van der Waals surface area contributed by atoms with Crippen LogP contribution in [0.4, 0.5) is 8.78 Å². The smallest absolute Gasteiger partial charge is 0.266 e. The molecular weight excluding hydrogens is 307 g/mol. The van der Waals surface area contributed by atoms with Gasteiger partial charge in [-0.25, -0.2) is 13.8 Å². The van der Waals surface area contributed by atoms with Gasteiger partial charge in [-0.15, -0.1) is 0 Å². The fourth-order valence-electron chi connectivity index (χ4n) is 0.912. The molecule has 14 heavy (non-hydrogen) atoms. The number of hydrogen-bond donors (Lipinski definition) is 0. The van der Waals surface area contributed by atoms with Crippen molar-refractivity contribution < 1.29 is 18.3 Å². The van der Waals surface area contributed by atoms with Gasteiger partial charge in [0.2, 0.25) is 0 Å². The Hall–Kier alpha value is -0.790. The van der Waals surface area contributed by atoms with E-state index in [0.717, 1.165) is 6.07 Å². The molecule has 0 N–H and O–H groups in total. The van der Waals surface area contributed by atoms with E-state index in [0.29, 0.717) is 9.99 Å². The number of aromatic nitrogens is 1. The van der Waals surface area contributed by atoms with E-state index in [2.05, 4.69) is 4.98 Å². The van der Waals surface area contributed by atoms with Crippen molar-refractivity contribution in [2.24, 2.45) is 0 Å². The number of rotatable bonds is 3. The number of carbonyl (C=O) groups is 1. The SMILES string of the molecule is COc1cc(C(F)F)c(C=O)nc1I. The first kappa shape index (κ1) is 11.3. The maximum atomic E-state index is 12.4. The molecule has 1 aromatic heterocycles. The number of halogens is 3. The Kier molecular flexibility index (Phi) is 3.73. The number of pyridine rings is 1. The molecule has 0 saturated carbocycles. The zero-order valence-electron chi connectivity index (χ0n) is 7.13. The molecule has 1 aromatic rings. The Labute approximate surface area is 92.6 Å². The van der Waals surface area contributed by atoms with E-state index >= 15 is 0 Å². The van der Waals surface area contributed by atoms with Crippen molar-refractivity contribution in [1.29, 1.82) is 0 Å². The summed E-state index contributed by atoms with van der Waals surface area (Å²) in [6.07, 6.45) is -2.42. The molecule has 0 aromatic carbocycles. The van der Waals surface area contributed by atoms with E-state index in [1.54, 1.807) is 0 Å². The van der Waals surface area contributed by atoms with E-state index in [1.165, 1.54) is 7.11 Å². The van der Waals surface area contributed by atoms with Crippen molar-refractivity contribution >= 4 is 28.9 Å². The summed E-state index contributed by atoms with van der Waals surface area (Å²) >= 11 is 1.81. The number of methoxy groups -OCH3 is 1. The van der Waals surface area contributed by atoms with Crippen LogP contribution in [0.2, 0.25) is 0 Å². The second-order valence-corrected chi connectivity index (χ2v) is 3.40. The first-order chi connectivity index (χ1) is 6.60. The quantitative estimate of drug-likeness (QED) is 0.489. The maximum absolute atomic E-state index is 12.4. The van der Waals surface area contributed by atoms with Crippen LogP contribution in [0.3, 0.4) is 0 Å². The molecule has 1 heterocycles. The summed E-state index contributed by atoms with van der Waals surface area (Å²) in [4.78, 5) is 14.1. The summed E-state index contributed by atoms with van der Waals surface area (Å²) in [6.45, 7) is 0. The molecule has 0 aliphatic carbocycles. The number of carbonyl (C=O) groups excluding carboxylic acids is 1. The van der Waals surface area contributed by atoms with Gasteiger partial charge in [-0.2, -0.15) is 0 Å². The second-order valence-electron chi connectivity index (χ2n) is 2.37. The summed E-state index contributed by atoms with van der Waals surface area (Å²) < 4.78 is 30.0. The third-order valence-corrected chi connectivity index (χ3v) is 2.34. The summed E-state index contributed by atoms with van der Waals surface area (Å²) in [5.41, 5.74) is -0.650. The van der Waals surface area contributed by atoms with Gasteiger partial charge in [0.1, 0.15) is 9.39 Å². The number of alkyl halides is 2. The molecule has 0 fully saturated rings. The van der Waals surface area contributed by atoms with Gasteiger partial charge in [0.15, 0.2) is 12.0 Å². The van der Waals surface area contributed by atoms with Crippen molar-refractivity contribution in [1.82, 2.24) is 4.98 Å². The molecule has 0 spiro atoms. The summed E-state index contributed by atoms with van der Waals surface area (Å²) in [5, 5.41) is 0. The highest BCUT2D eigenvalue weighted by molar-refractivity contribution is 14.1. The molecule has 0 atom stereocenters. The Morgan fingerprint density at radius 1 is 1.64 bits per heavy atom. The lowest BCUT2D eigenvalue weighted by Crippen LogP contribution is -2.01. The fourth-order valence-corrected chi connectivity index (χ4v) is 1.55. The first-order valence-electron chi connectivity index (χ1n) is 3.58. The van der Waals surface area contributed by atoms with Crippen LogP contribution in [-0.4, -0.2) is 18.4 Å². The van der Waals surface area contributed by atoms with Gasteiger partial charge in [-0.05, 0) is 28.7 Å². The highest BCUT2D eigenvalue weighted by atomic mass is 127. The third-order valence-electron chi connectivity index (χ3n) is 1.57. The highest BCUT2D eigenvalue weighted by Crippen LogP contribution is 2.27. The molecule has 76 valence electrons. The van der Waals surface area contributed by atoms with Gasteiger partial charge in [-0.3, -0.25) is 4.79 Å². The number of aldehydes is 1. The first-order valence-corrected chi connectivity index (χ1v) is 4.65. The number of hydrogen-bond acceptors (Lipinski definition) is 3. The van der Waals surface area contributed by atoms with E-state index in [4.69, 9.17) is 4.74 Å². The average Bonchev–Trinajstić information content (AvgIpc) is 2.16. The topological polar surface area (TPSA) is 39.2 Å². The van der Waals surface area contributed by atoms with Gasteiger partial charge in [0.05, 0.1) is 12.7 Å². The molecule has 0 radical (unpaired) electrons. The van der Waals surface area contributed by atoms with Gasteiger partial charge < -0.3 is 4.74 Å². The maximum Gasteiger partial charge on any atom is 0.266 e. The predicted octanol–water partition coefficient (Wildman–Crippen LogP) is 2.44. The monoisotopic (exact) mass is 313 g/mol. The molecule has 0 saturated heterocycles. The van der Waals surface area contributed by atoms with Crippen LogP contribution in [-0.2, 0) is 0 Å². The lowest BCUT2D eigenvalue weighted by atomic mass is 10.2. The van der Waals surface area contributed by atoms with Crippen molar-refractivity contribution in [3.05, 3.63) is 21.0 Å². The molecule has 0 bridgehead atoms. The Bertz CT molecular complexity index is 357. The summed E-state index contributed by atoms with van der Waals surface area (Å²) in [6, 6.07) is 1.13. The summed E-state index contributed by atoms with van der Waals surface area (Å²) in [5.74, 6) is 0.242. The largest absolute Gasteiger partial charge is 0.494 e. The van der Waals surface area contributed by atoms with E-state index in [9.17, 15) is 13.6 Å². The lowest BCUT2D eigenvalue weighted by molar-refractivity contribution is 0.110. The number of ether oxygens (including phenoxy) is 1. The molecule has 3 nitrogen and oxygen atoms in total. The predicted molar refractivity (Wildman–Crippen MR) is 53.9 cm³/mol. The van der Waals surface area contributed by atoms with Crippen LogP contribution in [0, 0.1) is 3.70 Å².